The first-order valence-corrected chi connectivity index (χ1v) is 8.71. The summed E-state index contributed by atoms with van der Waals surface area (Å²) in [5.41, 5.74) is 0.463. The third-order valence-electron chi connectivity index (χ3n) is 5.11. The molecular weight excluding hydrogens is 260 g/mol. The molecular formula is C17H32N4. The third-order valence-corrected chi connectivity index (χ3v) is 5.11. The minimum absolute atomic E-state index is 0.463. The van der Waals surface area contributed by atoms with Crippen molar-refractivity contribution >= 4 is 0 Å². The summed E-state index contributed by atoms with van der Waals surface area (Å²) in [5.74, 6) is 1.75. The van der Waals surface area contributed by atoms with Crippen LogP contribution in [0.25, 0.3) is 0 Å². The number of nitrogens with zero attached hydrogens (tertiary/aromatic N) is 3. The first-order valence-electron chi connectivity index (χ1n) is 8.71. The molecule has 1 aromatic rings. The SMILES string of the molecule is CCNC(Cc1ncnn1CC(C)C)C1(CC)CCCC1. The van der Waals surface area contributed by atoms with Gasteiger partial charge in [0.05, 0.1) is 0 Å². The molecule has 1 fully saturated rings. The van der Waals surface area contributed by atoms with Crippen molar-refractivity contribution in [2.24, 2.45) is 11.3 Å². The van der Waals surface area contributed by atoms with Crippen LogP contribution in [0.5, 0.6) is 0 Å². The van der Waals surface area contributed by atoms with Gasteiger partial charge in [-0.1, -0.05) is 40.5 Å². The van der Waals surface area contributed by atoms with Gasteiger partial charge in [-0.3, -0.25) is 0 Å². The minimum atomic E-state index is 0.463. The predicted molar refractivity (Wildman–Crippen MR) is 87.2 cm³/mol. The molecule has 0 saturated heterocycles. The van der Waals surface area contributed by atoms with Crippen molar-refractivity contribution in [2.45, 2.75) is 78.8 Å². The highest BCUT2D eigenvalue weighted by Crippen LogP contribution is 2.44. The Hall–Kier alpha value is -0.900. The van der Waals surface area contributed by atoms with Gasteiger partial charge in [-0.25, -0.2) is 9.67 Å². The fourth-order valence-electron chi connectivity index (χ4n) is 3.91. The lowest BCUT2D eigenvalue weighted by molar-refractivity contribution is 0.182. The van der Waals surface area contributed by atoms with E-state index in [-0.39, 0.29) is 0 Å². The van der Waals surface area contributed by atoms with Crippen molar-refractivity contribution < 1.29 is 0 Å². The van der Waals surface area contributed by atoms with Crippen LogP contribution in [0.2, 0.25) is 0 Å². The molecule has 120 valence electrons. The molecule has 0 aromatic carbocycles. The van der Waals surface area contributed by atoms with E-state index >= 15 is 0 Å². The average molecular weight is 292 g/mol. The van der Waals surface area contributed by atoms with Crippen molar-refractivity contribution in [3.63, 3.8) is 0 Å². The van der Waals surface area contributed by atoms with Crippen molar-refractivity contribution in [2.75, 3.05) is 6.54 Å². The molecule has 4 heteroatoms. The number of likely N-dealkylation sites (N-methyl/N-ethyl adjacent to an activating group) is 1. The quantitative estimate of drug-likeness (QED) is 0.798. The molecule has 4 nitrogen and oxygen atoms in total. The third kappa shape index (κ3) is 3.85. The van der Waals surface area contributed by atoms with Crippen molar-refractivity contribution in [3.8, 4) is 0 Å². The highest BCUT2D eigenvalue weighted by Gasteiger charge is 2.39. The molecule has 0 amide bonds. The smallest absolute Gasteiger partial charge is 0.138 e. The zero-order valence-corrected chi connectivity index (χ0v) is 14.2. The van der Waals surface area contributed by atoms with Gasteiger partial charge in [0.1, 0.15) is 12.2 Å². The van der Waals surface area contributed by atoms with Gasteiger partial charge in [-0.2, -0.15) is 5.10 Å². The molecule has 21 heavy (non-hydrogen) atoms. The lowest BCUT2D eigenvalue weighted by Gasteiger charge is -2.37. The number of hydrogen-bond donors (Lipinski definition) is 1. The van der Waals surface area contributed by atoms with Crippen LogP contribution in [0.1, 0.15) is 65.6 Å². The maximum Gasteiger partial charge on any atom is 0.138 e. The Morgan fingerprint density at radius 3 is 2.57 bits per heavy atom. The summed E-state index contributed by atoms with van der Waals surface area (Å²) >= 11 is 0. The van der Waals surface area contributed by atoms with Crippen molar-refractivity contribution in [1.29, 1.82) is 0 Å². The molecule has 2 rings (SSSR count). The van der Waals surface area contributed by atoms with Crippen molar-refractivity contribution in [1.82, 2.24) is 20.1 Å². The van der Waals surface area contributed by atoms with Crippen LogP contribution in [-0.2, 0) is 13.0 Å². The zero-order valence-electron chi connectivity index (χ0n) is 14.2. The fraction of sp³-hybridized carbons (Fsp3) is 0.882. The summed E-state index contributed by atoms with van der Waals surface area (Å²) in [5, 5.41) is 8.18. The molecule has 1 aliphatic rings. The lowest BCUT2D eigenvalue weighted by atomic mass is 9.74. The maximum absolute atomic E-state index is 4.54. The Kier molecular flexibility index (Phi) is 5.80. The fourth-order valence-corrected chi connectivity index (χ4v) is 3.91. The number of nitrogens with one attached hydrogen (secondary N) is 1. The van der Waals surface area contributed by atoms with E-state index in [2.05, 4.69) is 47.8 Å². The van der Waals surface area contributed by atoms with E-state index < -0.39 is 0 Å². The van der Waals surface area contributed by atoms with Crippen molar-refractivity contribution in [3.05, 3.63) is 12.2 Å². The zero-order chi connectivity index (χ0) is 15.3. The van der Waals surface area contributed by atoms with Crippen LogP contribution in [0, 0.1) is 11.3 Å². The molecule has 1 saturated carbocycles. The highest BCUT2D eigenvalue weighted by atomic mass is 15.3. The predicted octanol–water partition coefficient (Wildman–Crippen LogP) is 3.43. The normalized spacial score (nSPS) is 19.3. The molecule has 0 aliphatic heterocycles. The Balaban J connectivity index is 2.14. The van der Waals surface area contributed by atoms with Gasteiger partial charge < -0.3 is 5.32 Å². The Morgan fingerprint density at radius 1 is 1.29 bits per heavy atom. The molecule has 1 aromatic heterocycles. The van der Waals surface area contributed by atoms with E-state index in [0.717, 1.165) is 25.3 Å². The summed E-state index contributed by atoms with van der Waals surface area (Å²) in [6.07, 6.45) is 9.48. The molecule has 0 spiro atoms. The molecule has 0 bridgehead atoms. The first-order chi connectivity index (χ1) is 10.1. The maximum atomic E-state index is 4.54. The van der Waals surface area contributed by atoms with Gasteiger partial charge in [0, 0.05) is 19.0 Å². The summed E-state index contributed by atoms with van der Waals surface area (Å²) < 4.78 is 2.10. The Labute approximate surface area is 129 Å². The van der Waals surface area contributed by atoms with Gasteiger partial charge in [-0.05, 0) is 37.1 Å². The Morgan fingerprint density at radius 2 is 2.00 bits per heavy atom. The Bertz CT molecular complexity index is 418. The number of aromatic nitrogens is 3. The van der Waals surface area contributed by atoms with Gasteiger partial charge >= 0.3 is 0 Å². The molecule has 1 aliphatic carbocycles. The van der Waals surface area contributed by atoms with E-state index in [9.17, 15) is 0 Å². The molecule has 1 heterocycles. The lowest BCUT2D eigenvalue weighted by Crippen LogP contribution is -2.45. The topological polar surface area (TPSA) is 42.7 Å². The van der Waals surface area contributed by atoms with Gasteiger partial charge in [-0.15, -0.1) is 0 Å². The largest absolute Gasteiger partial charge is 0.313 e. The average Bonchev–Trinajstić information content (AvgIpc) is 3.08. The van der Waals surface area contributed by atoms with Crippen LogP contribution in [0.4, 0.5) is 0 Å². The van der Waals surface area contributed by atoms with Crippen LogP contribution in [0.15, 0.2) is 6.33 Å². The van der Waals surface area contributed by atoms with Gasteiger partial charge in [0.2, 0.25) is 0 Å². The molecule has 1 unspecified atom stereocenters. The van der Waals surface area contributed by atoms with Crippen LogP contribution < -0.4 is 5.32 Å². The molecule has 0 radical (unpaired) electrons. The number of hydrogen-bond acceptors (Lipinski definition) is 3. The summed E-state index contributed by atoms with van der Waals surface area (Å²) in [4.78, 5) is 4.54. The highest BCUT2D eigenvalue weighted by molar-refractivity contribution is 5.00. The monoisotopic (exact) mass is 292 g/mol. The van der Waals surface area contributed by atoms with E-state index in [1.165, 1.54) is 32.1 Å². The standard InChI is InChI=1S/C17H32N4/c1-5-17(9-7-8-10-17)15(18-6-2)11-16-19-13-20-21(16)12-14(3)4/h13-15,18H,5-12H2,1-4H3. The molecule has 1 atom stereocenters. The first kappa shape index (κ1) is 16.5. The van der Waals surface area contributed by atoms with E-state index in [1.807, 2.05) is 0 Å². The van der Waals surface area contributed by atoms with Gasteiger partial charge in [0.15, 0.2) is 0 Å². The summed E-state index contributed by atoms with van der Waals surface area (Å²) in [7, 11) is 0. The van der Waals surface area contributed by atoms with E-state index in [1.54, 1.807) is 6.33 Å². The van der Waals surface area contributed by atoms with E-state index in [4.69, 9.17) is 0 Å². The second kappa shape index (κ2) is 7.39. The molecule has 1 N–H and O–H groups in total. The van der Waals surface area contributed by atoms with Gasteiger partial charge in [0.25, 0.3) is 0 Å². The summed E-state index contributed by atoms with van der Waals surface area (Å²) in [6, 6.07) is 0.533. The second-order valence-corrected chi connectivity index (χ2v) is 6.99. The van der Waals surface area contributed by atoms with Crippen LogP contribution in [-0.4, -0.2) is 27.4 Å². The van der Waals surface area contributed by atoms with Crippen LogP contribution in [0.3, 0.4) is 0 Å². The minimum Gasteiger partial charge on any atom is -0.313 e. The van der Waals surface area contributed by atoms with E-state index in [0.29, 0.717) is 17.4 Å². The number of rotatable bonds is 8. The van der Waals surface area contributed by atoms with Crippen LogP contribution >= 0.6 is 0 Å². The second-order valence-electron chi connectivity index (χ2n) is 6.99. The summed E-state index contributed by atoms with van der Waals surface area (Å²) in [6.45, 7) is 11.0.